The molecule has 0 spiro atoms. The molecule has 2 aliphatic rings. The first-order chi connectivity index (χ1) is 24.2. The van der Waals surface area contributed by atoms with Crippen LogP contribution in [0.15, 0.2) is 95.9 Å². The summed E-state index contributed by atoms with van der Waals surface area (Å²) in [4.78, 5) is 27.0. The number of sulfonamides is 1. The van der Waals surface area contributed by atoms with E-state index in [1.165, 1.54) is 7.11 Å². The van der Waals surface area contributed by atoms with Crippen LogP contribution in [0.2, 0.25) is 0 Å². The average Bonchev–Trinajstić information content (AvgIpc) is 3.53. The Bertz CT molecular complexity index is 1950. The number of nitrogens with two attached hydrogens (primary N) is 1. The number of aliphatic hydroxyl groups is 1. The van der Waals surface area contributed by atoms with E-state index in [1.807, 2.05) is 60.7 Å². The predicted octanol–water partition coefficient (Wildman–Crippen LogP) is 5.34. The highest BCUT2D eigenvalue weighted by molar-refractivity contribution is 7.89. The number of rotatable bonds is 13. The molecule has 0 bridgehead atoms. The van der Waals surface area contributed by atoms with E-state index < -0.39 is 81.0 Å². The molecule has 15 heteroatoms. The third-order valence-electron chi connectivity index (χ3n) is 9.42. The fourth-order valence-corrected chi connectivity index (χ4v) is 9.83. The Morgan fingerprint density at radius 3 is 2.14 bits per heavy atom. The molecule has 1 aromatic heterocycles. The van der Waals surface area contributed by atoms with Gasteiger partial charge in [0.15, 0.2) is 0 Å². The third kappa shape index (κ3) is 7.47. The number of halogens is 3. The van der Waals surface area contributed by atoms with Crippen molar-refractivity contribution in [3.8, 4) is 0 Å². The van der Waals surface area contributed by atoms with Crippen LogP contribution in [0.25, 0.3) is 0 Å². The number of thiophene rings is 1. The Morgan fingerprint density at radius 2 is 1.61 bits per heavy atom. The number of alkyl carbamates (subject to hydrolysis) is 1. The van der Waals surface area contributed by atoms with Crippen LogP contribution in [-0.4, -0.2) is 61.6 Å². The summed E-state index contributed by atoms with van der Waals surface area (Å²) in [6, 6.07) is 23.7. The van der Waals surface area contributed by atoms with Gasteiger partial charge in [-0.25, -0.2) is 26.4 Å². The SMILES string of the molecule is COC(=O)N[C@H](C(=O)NCc1ccc(C2(N(CC3CC(F)(F)C3)S(=O)(=O)c3ccc(N)c(F)c3)C[C@@H]2O)s1)C(c1ccccc1)c1ccccc1. The lowest BCUT2D eigenvalue weighted by Crippen LogP contribution is -2.50. The molecule has 5 N–H and O–H groups in total. The second-order valence-corrected chi connectivity index (χ2v) is 15.9. The number of methoxy groups -OCH3 is 1. The van der Waals surface area contributed by atoms with Crippen LogP contribution in [0.1, 0.15) is 46.1 Å². The van der Waals surface area contributed by atoms with Crippen molar-refractivity contribution in [2.24, 2.45) is 5.92 Å². The smallest absolute Gasteiger partial charge is 0.407 e. The highest BCUT2D eigenvalue weighted by Gasteiger charge is 2.64. The summed E-state index contributed by atoms with van der Waals surface area (Å²) in [5, 5.41) is 16.6. The van der Waals surface area contributed by atoms with Gasteiger partial charge in [0.2, 0.25) is 21.9 Å². The van der Waals surface area contributed by atoms with Crippen LogP contribution in [0, 0.1) is 11.7 Å². The highest BCUT2D eigenvalue weighted by Crippen LogP contribution is 2.56. The summed E-state index contributed by atoms with van der Waals surface area (Å²) in [6.07, 6.45) is -3.02. The molecule has 2 fully saturated rings. The van der Waals surface area contributed by atoms with Gasteiger partial charge >= 0.3 is 6.09 Å². The van der Waals surface area contributed by atoms with Crippen molar-refractivity contribution >= 4 is 39.0 Å². The van der Waals surface area contributed by atoms with Crippen molar-refractivity contribution in [3.05, 3.63) is 118 Å². The van der Waals surface area contributed by atoms with E-state index in [-0.39, 0.29) is 25.2 Å². The number of hydrogen-bond acceptors (Lipinski definition) is 8. The molecule has 2 amide bonds. The van der Waals surface area contributed by atoms with E-state index in [4.69, 9.17) is 10.5 Å². The maximum atomic E-state index is 14.5. The first-order valence-electron chi connectivity index (χ1n) is 16.2. The van der Waals surface area contributed by atoms with Gasteiger partial charge in [0, 0.05) is 41.5 Å². The Hall–Kier alpha value is -4.44. The molecule has 51 heavy (non-hydrogen) atoms. The number of carbonyl (C=O) groups excluding carboxylic acids is 2. The standard InChI is InChI=1S/C36H37F3N4O6S2/c1-49-34(46)42-32(31(23-8-4-2-5-9-23)24-10-6-3-7-11-24)33(45)41-20-25-12-15-30(50-25)36(19-29(36)44)43(21-22-17-35(38,39)18-22)51(47,48)26-13-14-28(40)27(37)16-26/h2-16,22,29,31-32,44H,17-21,40H2,1H3,(H,41,45)(H,42,46)/t29-,32-,36?/m0/s1. The van der Waals surface area contributed by atoms with Crippen LogP contribution in [0.5, 0.6) is 0 Å². The molecule has 3 aromatic carbocycles. The summed E-state index contributed by atoms with van der Waals surface area (Å²) in [5.74, 6) is -5.66. The van der Waals surface area contributed by atoms with Gasteiger partial charge in [-0.05, 0) is 47.4 Å². The lowest BCUT2D eigenvalue weighted by atomic mass is 9.81. The van der Waals surface area contributed by atoms with Gasteiger partial charge in [-0.15, -0.1) is 11.3 Å². The zero-order valence-corrected chi connectivity index (χ0v) is 29.1. The molecule has 0 radical (unpaired) electrons. The van der Waals surface area contributed by atoms with E-state index in [0.29, 0.717) is 9.75 Å². The molecule has 270 valence electrons. The van der Waals surface area contributed by atoms with Crippen molar-refractivity contribution in [1.29, 1.82) is 0 Å². The summed E-state index contributed by atoms with van der Waals surface area (Å²) in [5.41, 5.74) is 5.37. The van der Waals surface area contributed by atoms with E-state index in [0.717, 1.165) is 45.0 Å². The zero-order chi connectivity index (χ0) is 36.6. The van der Waals surface area contributed by atoms with E-state index >= 15 is 0 Å². The number of benzene rings is 3. The number of alkyl halides is 2. The zero-order valence-electron chi connectivity index (χ0n) is 27.5. The highest BCUT2D eigenvalue weighted by atomic mass is 32.2. The number of anilines is 1. The molecule has 0 saturated heterocycles. The van der Waals surface area contributed by atoms with Crippen molar-refractivity contribution in [2.45, 2.75) is 60.2 Å². The maximum absolute atomic E-state index is 14.5. The maximum Gasteiger partial charge on any atom is 0.407 e. The van der Waals surface area contributed by atoms with E-state index in [2.05, 4.69) is 10.6 Å². The lowest BCUT2D eigenvalue weighted by Gasteiger charge is -2.40. The molecule has 4 aromatic rings. The van der Waals surface area contributed by atoms with Crippen LogP contribution in [0.4, 0.5) is 23.7 Å². The Labute approximate surface area is 297 Å². The lowest BCUT2D eigenvalue weighted by molar-refractivity contribution is -0.123. The van der Waals surface area contributed by atoms with Crippen LogP contribution in [0.3, 0.4) is 0 Å². The molecule has 0 aliphatic heterocycles. The number of aliphatic hydroxyl groups excluding tert-OH is 1. The van der Waals surface area contributed by atoms with Gasteiger partial charge in [0.1, 0.15) is 11.9 Å². The topological polar surface area (TPSA) is 151 Å². The van der Waals surface area contributed by atoms with Crippen molar-refractivity contribution in [1.82, 2.24) is 14.9 Å². The van der Waals surface area contributed by atoms with Gasteiger partial charge in [0.25, 0.3) is 0 Å². The van der Waals surface area contributed by atoms with Gasteiger partial charge in [-0.1, -0.05) is 60.7 Å². The number of nitrogens with one attached hydrogen (secondary N) is 2. The van der Waals surface area contributed by atoms with Gasteiger partial charge in [-0.3, -0.25) is 4.79 Å². The molecular weight excluding hydrogens is 706 g/mol. The molecular formula is C36H37F3N4O6S2. The molecule has 6 rings (SSSR count). The summed E-state index contributed by atoms with van der Waals surface area (Å²) >= 11 is 1.14. The molecule has 1 heterocycles. The first-order valence-corrected chi connectivity index (χ1v) is 18.5. The van der Waals surface area contributed by atoms with E-state index in [1.54, 1.807) is 12.1 Å². The number of nitrogen functional groups attached to an aromatic ring is 1. The Kier molecular flexibility index (Phi) is 10.2. The van der Waals surface area contributed by atoms with Crippen LogP contribution < -0.4 is 16.4 Å². The molecule has 2 saturated carbocycles. The molecule has 10 nitrogen and oxygen atoms in total. The minimum absolute atomic E-state index is 0.0138. The van der Waals surface area contributed by atoms with Crippen molar-refractivity contribution < 1.29 is 41.0 Å². The minimum atomic E-state index is -4.51. The predicted molar refractivity (Wildman–Crippen MR) is 185 cm³/mol. The largest absolute Gasteiger partial charge is 0.453 e. The second-order valence-electron chi connectivity index (χ2n) is 12.9. The number of hydrogen-bond donors (Lipinski definition) is 4. The average molecular weight is 743 g/mol. The second kappa shape index (κ2) is 14.3. The Balaban J connectivity index is 1.27. The van der Waals surface area contributed by atoms with Crippen LogP contribution >= 0.6 is 11.3 Å². The fraction of sp³-hybridized carbons (Fsp3) is 0.333. The Morgan fingerprint density at radius 1 is 1.00 bits per heavy atom. The molecule has 3 atom stereocenters. The molecule has 1 unspecified atom stereocenters. The summed E-state index contributed by atoms with van der Waals surface area (Å²) in [7, 11) is -3.31. The van der Waals surface area contributed by atoms with Gasteiger partial charge in [-0.2, -0.15) is 4.31 Å². The first kappa shape index (κ1) is 36.4. The quantitative estimate of drug-likeness (QED) is 0.135. The number of ether oxygens (including phenoxy) is 1. The number of carbonyl (C=O) groups is 2. The normalized spacial score (nSPS) is 20.4. The monoisotopic (exact) mass is 742 g/mol. The molecule has 2 aliphatic carbocycles. The van der Waals surface area contributed by atoms with Gasteiger partial charge < -0.3 is 26.2 Å². The van der Waals surface area contributed by atoms with Crippen molar-refractivity contribution in [2.75, 3.05) is 19.4 Å². The number of amides is 2. The summed E-state index contributed by atoms with van der Waals surface area (Å²) < 4.78 is 76.2. The van der Waals surface area contributed by atoms with E-state index in [9.17, 15) is 36.3 Å². The van der Waals surface area contributed by atoms with Gasteiger partial charge in [0.05, 0.1) is 35.9 Å². The number of nitrogens with zero attached hydrogens (tertiary/aromatic N) is 1. The van der Waals surface area contributed by atoms with Crippen molar-refractivity contribution in [3.63, 3.8) is 0 Å². The summed E-state index contributed by atoms with van der Waals surface area (Å²) in [6.45, 7) is -0.331. The third-order valence-corrected chi connectivity index (χ3v) is 12.6. The fourth-order valence-electron chi connectivity index (χ4n) is 6.69. The van der Waals surface area contributed by atoms with Crippen LogP contribution in [-0.2, 0) is 31.6 Å². The minimum Gasteiger partial charge on any atom is -0.453 e.